The summed E-state index contributed by atoms with van der Waals surface area (Å²) in [6, 6.07) is 142. The third-order valence-corrected chi connectivity index (χ3v) is 22.0. The van der Waals surface area contributed by atoms with E-state index in [1.807, 2.05) is 0 Å². The molecule has 0 aliphatic heterocycles. The second-order valence-electron chi connectivity index (χ2n) is 29.5. The molecule has 2 heteroatoms. The Morgan fingerprint density at radius 2 is 0.467 bits per heavy atom. The van der Waals surface area contributed by atoms with Gasteiger partial charge < -0.3 is 9.13 Å². The smallest absolute Gasteiger partial charge is 0.0541 e. The van der Waals surface area contributed by atoms with Crippen molar-refractivity contribution in [1.82, 2.24) is 9.13 Å². The van der Waals surface area contributed by atoms with Gasteiger partial charge in [-0.3, -0.25) is 0 Å². The molecule has 18 aromatic carbocycles. The third-order valence-electron chi connectivity index (χ3n) is 22.0. The minimum atomic E-state index is 0.0317. The van der Waals surface area contributed by atoms with Crippen LogP contribution in [-0.4, -0.2) is 9.13 Å². The lowest BCUT2D eigenvalue weighted by Crippen LogP contribution is -2.10. The zero-order chi connectivity index (χ0) is 71.7. The van der Waals surface area contributed by atoms with Crippen LogP contribution < -0.4 is 0 Å². The monoisotopic (exact) mass is 1360 g/mol. The number of para-hydroxylation sites is 2. The van der Waals surface area contributed by atoms with Crippen molar-refractivity contribution in [1.29, 1.82) is 0 Å². The van der Waals surface area contributed by atoms with Gasteiger partial charge in [0, 0.05) is 32.9 Å². The molecule has 0 unspecified atom stereocenters. The Hall–Kier alpha value is -13.4. The van der Waals surface area contributed by atoms with Gasteiger partial charge in [0.25, 0.3) is 0 Å². The summed E-state index contributed by atoms with van der Waals surface area (Å²) in [5, 5.41) is 15.2. The van der Waals surface area contributed by atoms with Crippen molar-refractivity contribution in [3.05, 3.63) is 399 Å². The average molecular weight is 1370 g/mol. The van der Waals surface area contributed by atoms with Gasteiger partial charge in [0.05, 0.1) is 22.1 Å². The van der Waals surface area contributed by atoms with E-state index in [0.717, 1.165) is 11.4 Å². The Balaban J connectivity index is 0.000000146. The summed E-state index contributed by atoms with van der Waals surface area (Å²) in [5.41, 5.74) is 29.7. The molecule has 0 aliphatic carbocycles. The molecule has 0 radical (unpaired) electrons. The van der Waals surface area contributed by atoms with E-state index in [-0.39, 0.29) is 5.41 Å². The molecule has 0 N–H and O–H groups in total. The lowest BCUT2D eigenvalue weighted by atomic mass is 9.81. The van der Waals surface area contributed by atoms with Gasteiger partial charge in [0.1, 0.15) is 0 Å². The predicted octanol–water partition coefficient (Wildman–Crippen LogP) is 29.1. The van der Waals surface area contributed by atoms with Crippen LogP contribution in [0.15, 0.2) is 388 Å². The molecule has 2 heterocycles. The van der Waals surface area contributed by atoms with E-state index in [1.54, 1.807) is 0 Å². The molecule has 107 heavy (non-hydrogen) atoms. The van der Waals surface area contributed by atoms with Crippen LogP contribution in [0.3, 0.4) is 0 Å². The topological polar surface area (TPSA) is 9.86 Å². The summed E-state index contributed by atoms with van der Waals surface area (Å²) in [4.78, 5) is 0. The number of hydrogen-bond acceptors (Lipinski definition) is 0. The second-order valence-corrected chi connectivity index (χ2v) is 29.5. The molecule has 0 aliphatic rings. The highest BCUT2D eigenvalue weighted by molar-refractivity contribution is 6.23. The number of fused-ring (bicyclic) bond motifs is 10. The first-order valence-electron chi connectivity index (χ1n) is 37.3. The lowest BCUT2D eigenvalue weighted by Gasteiger charge is -2.23. The van der Waals surface area contributed by atoms with Gasteiger partial charge in [0.2, 0.25) is 0 Å². The molecule has 506 valence electrons. The zero-order valence-electron chi connectivity index (χ0n) is 60.3. The van der Waals surface area contributed by atoms with Gasteiger partial charge in [-0.2, -0.15) is 0 Å². The molecule has 0 saturated heterocycles. The third kappa shape index (κ3) is 11.4. The average Bonchev–Trinajstić information content (AvgIpc) is 1.09. The lowest BCUT2D eigenvalue weighted by molar-refractivity contribution is 0.591. The van der Waals surface area contributed by atoms with Crippen molar-refractivity contribution in [3.63, 3.8) is 0 Å². The highest BCUT2D eigenvalue weighted by atomic mass is 15.0. The molecule has 0 bridgehead atoms. The van der Waals surface area contributed by atoms with E-state index in [9.17, 15) is 0 Å². The van der Waals surface area contributed by atoms with E-state index in [4.69, 9.17) is 0 Å². The van der Waals surface area contributed by atoms with Crippen molar-refractivity contribution in [2.45, 2.75) is 33.1 Å². The van der Waals surface area contributed by atoms with E-state index in [0.29, 0.717) is 0 Å². The van der Waals surface area contributed by atoms with E-state index < -0.39 is 0 Å². The highest BCUT2D eigenvalue weighted by Gasteiger charge is 2.24. The summed E-state index contributed by atoms with van der Waals surface area (Å²) in [7, 11) is 0. The van der Waals surface area contributed by atoms with Crippen LogP contribution in [-0.2, 0) is 5.41 Å². The quantitative estimate of drug-likeness (QED) is 0.121. The maximum absolute atomic E-state index is 2.44. The normalized spacial score (nSPS) is 11.7. The van der Waals surface area contributed by atoms with Crippen LogP contribution in [0.1, 0.15) is 31.9 Å². The van der Waals surface area contributed by atoms with Crippen molar-refractivity contribution < 1.29 is 0 Å². The maximum atomic E-state index is 2.44. The van der Waals surface area contributed by atoms with Gasteiger partial charge in [-0.05, 0) is 217 Å². The van der Waals surface area contributed by atoms with Gasteiger partial charge in [-0.1, -0.05) is 348 Å². The van der Waals surface area contributed by atoms with Crippen LogP contribution in [0.2, 0.25) is 0 Å². The summed E-state index contributed by atoms with van der Waals surface area (Å²) in [6.45, 7) is 9.09. The van der Waals surface area contributed by atoms with Crippen LogP contribution in [0.4, 0.5) is 0 Å². The van der Waals surface area contributed by atoms with Gasteiger partial charge >= 0.3 is 0 Å². The fourth-order valence-electron chi connectivity index (χ4n) is 17.0. The van der Waals surface area contributed by atoms with E-state index in [2.05, 4.69) is 425 Å². The van der Waals surface area contributed by atoms with E-state index in [1.165, 1.54) is 187 Å². The zero-order valence-corrected chi connectivity index (χ0v) is 60.3. The molecule has 0 amide bonds. The molecule has 0 atom stereocenters. The number of aromatic nitrogens is 2. The molecular formula is C105H76N2. The number of benzene rings is 18. The summed E-state index contributed by atoms with van der Waals surface area (Å²) in [6.07, 6.45) is 0. The van der Waals surface area contributed by atoms with Crippen molar-refractivity contribution in [3.8, 4) is 100 Å². The number of nitrogens with zero attached hydrogens (tertiary/aromatic N) is 2. The first-order valence-corrected chi connectivity index (χ1v) is 37.3. The Bertz CT molecular complexity index is 6790. The summed E-state index contributed by atoms with van der Waals surface area (Å²) >= 11 is 0. The fourth-order valence-corrected chi connectivity index (χ4v) is 17.0. The summed E-state index contributed by atoms with van der Waals surface area (Å²) < 4.78 is 4.84. The molecular weight excluding hydrogens is 1290 g/mol. The van der Waals surface area contributed by atoms with Crippen LogP contribution in [0, 0.1) is 6.92 Å². The molecule has 2 aromatic heterocycles. The molecule has 2 nitrogen and oxygen atoms in total. The molecule has 0 fully saturated rings. The van der Waals surface area contributed by atoms with Crippen molar-refractivity contribution in [2.24, 2.45) is 0 Å². The van der Waals surface area contributed by atoms with Crippen LogP contribution >= 0.6 is 0 Å². The fraction of sp³-hybridized carbons (Fsp3) is 0.0476. The Morgan fingerprint density at radius 1 is 0.187 bits per heavy atom. The number of rotatable bonds is 10. The van der Waals surface area contributed by atoms with Crippen molar-refractivity contribution in [2.75, 3.05) is 0 Å². The predicted molar refractivity (Wildman–Crippen MR) is 459 cm³/mol. The number of aryl methyl sites for hydroxylation is 1. The van der Waals surface area contributed by atoms with Crippen molar-refractivity contribution >= 4 is 86.7 Å². The van der Waals surface area contributed by atoms with Gasteiger partial charge in [-0.25, -0.2) is 0 Å². The number of hydrogen-bond donors (Lipinski definition) is 0. The molecule has 0 saturated carbocycles. The van der Waals surface area contributed by atoms with E-state index >= 15 is 0 Å². The Morgan fingerprint density at radius 3 is 0.860 bits per heavy atom. The van der Waals surface area contributed by atoms with Crippen LogP contribution in [0.25, 0.3) is 187 Å². The first kappa shape index (κ1) is 64.4. The SMILES string of the molecule is CC(C)(C)c1ccc2c(-c3ccc(-n4c5ccccc5c5cc(-c6ccccc6-c6ccccc6)ccc54)cc3)c3ccccc3c(-c3ccccc3)c2c1.Cc1ccc2c(-c3ccc(-n4c5ccccc5c5cc(-c6ccccc6-c6ccccc6)ccc54)cc3)c3ccccc3c(-c3ccccc3)c2c1. The molecule has 20 rings (SSSR count). The standard InChI is InChI=1S/C54H41N.C51H35N/c1-54(2,3)40-29-32-47-49(35-40)53(37-18-8-5-9-19-37)46-24-13-12-23-45(46)52(47)38-26-30-41(31-27-38)55-50-25-15-14-22-44(50)48-34-39(28-33-51(48)55)43-21-11-10-20-42(43)36-16-6-4-7-17-36;1-34-24-30-45-47(32-34)51(36-16-6-3-7-17-36)44-22-11-10-21-43(44)50(45)37-25-28-39(29-26-37)52-48-23-13-12-20-42(48)46-33-38(27-31-49(46)52)41-19-9-8-18-40(41)35-14-4-2-5-15-35/h4-35H,1-3H3;2-33H,1H3. The molecule has 20 aromatic rings. The minimum Gasteiger partial charge on any atom is -0.309 e. The largest absolute Gasteiger partial charge is 0.309 e. The molecule has 0 spiro atoms. The van der Waals surface area contributed by atoms with Crippen LogP contribution in [0.5, 0.6) is 0 Å². The highest BCUT2D eigenvalue weighted by Crippen LogP contribution is 2.49. The Labute approximate surface area is 624 Å². The Kier molecular flexibility index (Phi) is 16.1. The first-order chi connectivity index (χ1) is 52.7. The second kappa shape index (κ2) is 26.7. The van der Waals surface area contributed by atoms with Gasteiger partial charge in [0.15, 0.2) is 0 Å². The van der Waals surface area contributed by atoms with Gasteiger partial charge in [-0.15, -0.1) is 0 Å². The summed E-state index contributed by atoms with van der Waals surface area (Å²) in [5.74, 6) is 0. The maximum Gasteiger partial charge on any atom is 0.0541 e. The minimum absolute atomic E-state index is 0.0317.